The van der Waals surface area contributed by atoms with Crippen LogP contribution in [0.15, 0.2) is 41.5 Å². The third-order valence-corrected chi connectivity index (χ3v) is 4.30. The lowest BCUT2D eigenvalue weighted by atomic mass is 10.1. The number of benzene rings is 2. The van der Waals surface area contributed by atoms with Gasteiger partial charge in [-0.3, -0.25) is 9.59 Å². The van der Waals surface area contributed by atoms with Gasteiger partial charge in [-0.25, -0.2) is 5.43 Å². The maximum atomic E-state index is 11.9. The predicted octanol–water partition coefficient (Wildman–Crippen LogP) is 1.63. The Morgan fingerprint density at radius 1 is 1.03 bits per heavy atom. The monoisotopic (exact) mass is 413 g/mol. The summed E-state index contributed by atoms with van der Waals surface area (Å²) in [7, 11) is 3.14. The van der Waals surface area contributed by atoms with E-state index < -0.39 is 5.91 Å². The van der Waals surface area contributed by atoms with Crippen LogP contribution in [-0.2, 0) is 16.0 Å². The Hall–Kier alpha value is -3.75. The molecular formula is C21H23N3O6. The zero-order chi connectivity index (χ0) is 21.3. The van der Waals surface area contributed by atoms with Crippen molar-refractivity contribution in [1.29, 1.82) is 0 Å². The topological polar surface area (TPSA) is 107 Å². The molecule has 2 aromatic carbocycles. The first-order valence-electron chi connectivity index (χ1n) is 9.28. The van der Waals surface area contributed by atoms with Gasteiger partial charge in [0, 0.05) is 6.54 Å². The third-order valence-electron chi connectivity index (χ3n) is 4.30. The summed E-state index contributed by atoms with van der Waals surface area (Å²) < 4.78 is 21.0. The average Bonchev–Trinajstić information content (AvgIpc) is 3.21. The van der Waals surface area contributed by atoms with Crippen LogP contribution < -0.4 is 29.7 Å². The van der Waals surface area contributed by atoms with Crippen LogP contribution in [-0.4, -0.2) is 45.6 Å². The zero-order valence-corrected chi connectivity index (χ0v) is 16.8. The Morgan fingerprint density at radius 2 is 1.83 bits per heavy atom. The lowest BCUT2D eigenvalue weighted by molar-refractivity contribution is -0.129. The van der Waals surface area contributed by atoms with Crippen molar-refractivity contribution in [1.82, 2.24) is 10.7 Å². The first kappa shape index (κ1) is 21.0. The first-order valence-corrected chi connectivity index (χ1v) is 9.28. The second kappa shape index (κ2) is 10.1. The number of carbonyl (C=O) groups excluding carboxylic acids is 2. The van der Waals surface area contributed by atoms with Gasteiger partial charge in [0.1, 0.15) is 6.42 Å². The van der Waals surface area contributed by atoms with Crippen molar-refractivity contribution >= 4 is 18.0 Å². The molecule has 0 saturated heterocycles. The normalized spacial score (nSPS) is 11.9. The molecule has 0 aromatic heterocycles. The van der Waals surface area contributed by atoms with Crippen molar-refractivity contribution in [2.45, 2.75) is 12.8 Å². The van der Waals surface area contributed by atoms with Crippen molar-refractivity contribution in [2.24, 2.45) is 5.10 Å². The van der Waals surface area contributed by atoms with Crippen LogP contribution in [0.25, 0.3) is 0 Å². The summed E-state index contributed by atoms with van der Waals surface area (Å²) in [4.78, 5) is 23.8. The van der Waals surface area contributed by atoms with Crippen molar-refractivity contribution in [2.75, 3.05) is 27.6 Å². The van der Waals surface area contributed by atoms with Gasteiger partial charge in [-0.15, -0.1) is 0 Å². The molecule has 2 aromatic rings. The van der Waals surface area contributed by atoms with Gasteiger partial charge in [0.05, 0.1) is 20.4 Å². The van der Waals surface area contributed by atoms with E-state index >= 15 is 0 Å². The van der Waals surface area contributed by atoms with Crippen LogP contribution in [0.5, 0.6) is 23.0 Å². The maximum absolute atomic E-state index is 11.9. The molecule has 0 radical (unpaired) electrons. The van der Waals surface area contributed by atoms with Crippen LogP contribution in [0.1, 0.15) is 17.5 Å². The summed E-state index contributed by atoms with van der Waals surface area (Å²) >= 11 is 0. The standard InChI is InChI=1S/C21H23N3O6/c1-27-16-5-3-14(9-18(16)28-2)7-8-22-20(25)11-21(26)24-23-12-15-4-6-17-19(10-15)30-13-29-17/h3-6,9-10,12H,7-8,11,13H2,1-2H3,(H,22,25)(H,24,26)/b23-12+. The second-order valence-corrected chi connectivity index (χ2v) is 6.37. The van der Waals surface area contributed by atoms with Crippen molar-refractivity contribution in [3.63, 3.8) is 0 Å². The van der Waals surface area contributed by atoms with E-state index in [4.69, 9.17) is 18.9 Å². The van der Waals surface area contributed by atoms with Gasteiger partial charge >= 0.3 is 0 Å². The van der Waals surface area contributed by atoms with Crippen LogP contribution in [0.4, 0.5) is 0 Å². The number of rotatable bonds is 9. The number of hydrazone groups is 1. The van der Waals surface area contributed by atoms with Gasteiger partial charge < -0.3 is 24.3 Å². The summed E-state index contributed by atoms with van der Waals surface area (Å²) in [5.74, 6) is 1.67. The number of nitrogens with one attached hydrogen (secondary N) is 2. The van der Waals surface area contributed by atoms with Gasteiger partial charge in [0.15, 0.2) is 23.0 Å². The zero-order valence-electron chi connectivity index (χ0n) is 16.8. The Bertz CT molecular complexity index is 944. The largest absolute Gasteiger partial charge is 0.493 e. The molecule has 0 fully saturated rings. The number of methoxy groups -OCH3 is 2. The summed E-state index contributed by atoms with van der Waals surface area (Å²) in [5, 5.41) is 6.57. The molecule has 1 aliphatic rings. The minimum atomic E-state index is -0.504. The number of amides is 2. The molecule has 0 unspecified atom stereocenters. The van der Waals surface area contributed by atoms with E-state index in [1.165, 1.54) is 6.21 Å². The minimum absolute atomic E-state index is 0.188. The van der Waals surface area contributed by atoms with Gasteiger partial charge in [-0.05, 0) is 47.9 Å². The van der Waals surface area contributed by atoms with E-state index in [-0.39, 0.29) is 19.1 Å². The van der Waals surface area contributed by atoms with E-state index in [9.17, 15) is 9.59 Å². The highest BCUT2D eigenvalue weighted by Crippen LogP contribution is 2.32. The molecule has 158 valence electrons. The highest BCUT2D eigenvalue weighted by molar-refractivity contribution is 5.97. The fourth-order valence-corrected chi connectivity index (χ4v) is 2.80. The Labute approximate surface area is 174 Å². The number of hydrogen-bond donors (Lipinski definition) is 2. The quantitative estimate of drug-likeness (QED) is 0.368. The lowest BCUT2D eigenvalue weighted by Gasteiger charge is -2.10. The Balaban J connectivity index is 1.39. The van der Waals surface area contributed by atoms with Gasteiger partial charge in [-0.1, -0.05) is 6.07 Å². The van der Waals surface area contributed by atoms with Gasteiger partial charge in [0.2, 0.25) is 18.6 Å². The lowest BCUT2D eigenvalue weighted by Crippen LogP contribution is -2.31. The molecule has 1 heterocycles. The van der Waals surface area contributed by atoms with E-state index in [0.717, 1.165) is 11.1 Å². The molecule has 0 atom stereocenters. The third kappa shape index (κ3) is 5.63. The molecule has 2 N–H and O–H groups in total. The number of hydrogen-bond acceptors (Lipinski definition) is 7. The SMILES string of the molecule is COc1ccc(CCNC(=O)CC(=O)N/N=C/c2ccc3c(c2)OCO3)cc1OC. The molecule has 0 saturated carbocycles. The van der Waals surface area contributed by atoms with E-state index in [0.29, 0.717) is 36.0 Å². The highest BCUT2D eigenvalue weighted by atomic mass is 16.7. The smallest absolute Gasteiger partial charge is 0.249 e. The number of nitrogens with zero attached hydrogens (tertiary/aromatic N) is 1. The fourth-order valence-electron chi connectivity index (χ4n) is 2.80. The molecule has 0 aliphatic carbocycles. The van der Waals surface area contributed by atoms with E-state index in [1.807, 2.05) is 18.2 Å². The molecule has 1 aliphatic heterocycles. The Morgan fingerprint density at radius 3 is 2.63 bits per heavy atom. The summed E-state index contributed by atoms with van der Waals surface area (Å²) in [6.07, 6.45) is 1.75. The molecule has 0 bridgehead atoms. The summed E-state index contributed by atoms with van der Waals surface area (Å²) in [5.41, 5.74) is 4.05. The highest BCUT2D eigenvalue weighted by Gasteiger charge is 2.13. The molecule has 30 heavy (non-hydrogen) atoms. The second-order valence-electron chi connectivity index (χ2n) is 6.37. The van der Waals surface area contributed by atoms with Gasteiger partial charge in [0.25, 0.3) is 0 Å². The average molecular weight is 413 g/mol. The number of ether oxygens (including phenoxy) is 4. The molecule has 9 heteroatoms. The van der Waals surface area contributed by atoms with Crippen LogP contribution in [0.2, 0.25) is 0 Å². The summed E-state index contributed by atoms with van der Waals surface area (Å²) in [6.45, 7) is 0.579. The molecule has 3 rings (SSSR count). The van der Waals surface area contributed by atoms with Crippen molar-refractivity contribution in [3.8, 4) is 23.0 Å². The minimum Gasteiger partial charge on any atom is -0.493 e. The van der Waals surface area contributed by atoms with Crippen LogP contribution in [0.3, 0.4) is 0 Å². The molecule has 2 amide bonds. The Kier molecular flexibility index (Phi) is 7.09. The summed E-state index contributed by atoms with van der Waals surface area (Å²) in [6, 6.07) is 10.8. The number of fused-ring (bicyclic) bond motifs is 1. The molecule has 9 nitrogen and oxygen atoms in total. The number of carbonyl (C=O) groups is 2. The van der Waals surface area contributed by atoms with Gasteiger partial charge in [-0.2, -0.15) is 5.10 Å². The van der Waals surface area contributed by atoms with E-state index in [1.54, 1.807) is 32.4 Å². The maximum Gasteiger partial charge on any atom is 0.249 e. The van der Waals surface area contributed by atoms with Crippen LogP contribution in [0, 0.1) is 0 Å². The van der Waals surface area contributed by atoms with Crippen molar-refractivity contribution in [3.05, 3.63) is 47.5 Å². The van der Waals surface area contributed by atoms with Crippen LogP contribution >= 0.6 is 0 Å². The predicted molar refractivity (Wildman–Crippen MR) is 109 cm³/mol. The van der Waals surface area contributed by atoms with E-state index in [2.05, 4.69) is 15.8 Å². The van der Waals surface area contributed by atoms with Crippen molar-refractivity contribution < 1.29 is 28.5 Å². The first-order chi connectivity index (χ1) is 14.6. The fraction of sp³-hybridized carbons (Fsp3) is 0.286. The molecule has 0 spiro atoms. The molecular weight excluding hydrogens is 390 g/mol.